The second-order valence-electron chi connectivity index (χ2n) is 9.25. The van der Waals surface area contributed by atoms with E-state index in [0.29, 0.717) is 0 Å². The smallest absolute Gasteiger partial charge is 0.166 e. The Labute approximate surface area is 176 Å². The van der Waals surface area contributed by atoms with Gasteiger partial charge >= 0.3 is 0 Å². The highest BCUT2D eigenvalue weighted by Crippen LogP contribution is 2.65. The van der Waals surface area contributed by atoms with Gasteiger partial charge in [-0.2, -0.15) is 0 Å². The topological polar surface area (TPSA) is 52.8 Å². The summed E-state index contributed by atoms with van der Waals surface area (Å²) < 4.78 is 12.7. The van der Waals surface area contributed by atoms with Crippen molar-refractivity contribution in [2.75, 3.05) is 46.7 Å². The lowest BCUT2D eigenvalue weighted by Crippen LogP contribution is -2.60. The molecule has 156 valence electrons. The van der Waals surface area contributed by atoms with Crippen LogP contribution in [0.25, 0.3) is 10.9 Å². The summed E-state index contributed by atoms with van der Waals surface area (Å²) >= 11 is 0. The van der Waals surface area contributed by atoms with Gasteiger partial charge in [-0.25, -0.2) is 0 Å². The fraction of sp³-hybridized carbons (Fsp3) is 0.417. The van der Waals surface area contributed by atoms with Gasteiger partial charge in [0.25, 0.3) is 0 Å². The van der Waals surface area contributed by atoms with Crippen molar-refractivity contribution >= 4 is 16.6 Å². The third-order valence-corrected chi connectivity index (χ3v) is 7.14. The molecule has 6 nitrogen and oxygen atoms in total. The van der Waals surface area contributed by atoms with E-state index in [0.717, 1.165) is 43.1 Å². The second-order valence-corrected chi connectivity index (χ2v) is 9.25. The summed E-state index contributed by atoms with van der Waals surface area (Å²) in [5.41, 5.74) is 5.31. The molecule has 1 saturated heterocycles. The van der Waals surface area contributed by atoms with Gasteiger partial charge in [0.05, 0.1) is 12.6 Å². The normalized spacial score (nSPS) is 26.7. The molecule has 3 aliphatic heterocycles. The number of piperidine rings is 1. The van der Waals surface area contributed by atoms with Gasteiger partial charge in [-0.05, 0) is 32.8 Å². The van der Waals surface area contributed by atoms with E-state index in [1.54, 1.807) is 7.11 Å². The van der Waals surface area contributed by atoms with E-state index >= 15 is 0 Å². The predicted octanol–water partition coefficient (Wildman–Crippen LogP) is 3.48. The van der Waals surface area contributed by atoms with E-state index in [9.17, 15) is 0 Å². The number of fused-ring (bicyclic) bond motifs is 4. The molecule has 30 heavy (non-hydrogen) atoms. The predicted molar refractivity (Wildman–Crippen MR) is 118 cm³/mol. The molecule has 2 N–H and O–H groups in total. The molecule has 2 aromatic carbocycles. The Hall–Kier alpha value is -2.70. The van der Waals surface area contributed by atoms with Gasteiger partial charge in [0.1, 0.15) is 17.0 Å². The molecule has 1 fully saturated rings. The summed E-state index contributed by atoms with van der Waals surface area (Å²) in [6, 6.07) is 10.7. The molecule has 3 aliphatic rings. The number of aromatic nitrogens is 1. The Bertz CT molecular complexity index is 1170. The van der Waals surface area contributed by atoms with Gasteiger partial charge in [0.15, 0.2) is 5.60 Å². The lowest BCUT2D eigenvalue weighted by Gasteiger charge is -2.46. The zero-order chi connectivity index (χ0) is 20.7. The molecule has 0 radical (unpaired) electrons. The first kappa shape index (κ1) is 18.1. The maximum atomic E-state index is 6.97. The van der Waals surface area contributed by atoms with Gasteiger partial charge in [-0.3, -0.25) is 0 Å². The van der Waals surface area contributed by atoms with Crippen molar-refractivity contribution in [3.8, 4) is 11.5 Å². The number of likely N-dealkylation sites (N-methyl/N-ethyl adjacent to an activating group) is 1. The highest BCUT2D eigenvalue weighted by molar-refractivity contribution is 5.96. The maximum absolute atomic E-state index is 6.97. The molecule has 6 heteroatoms. The largest absolute Gasteiger partial charge is 0.494 e. The Balaban J connectivity index is 1.69. The highest BCUT2D eigenvalue weighted by Gasteiger charge is 2.68. The molecule has 0 bridgehead atoms. The molecule has 0 saturated carbocycles. The second kappa shape index (κ2) is 5.93. The summed E-state index contributed by atoms with van der Waals surface area (Å²) in [6.07, 6.45) is 3.07. The van der Waals surface area contributed by atoms with Crippen LogP contribution in [0.5, 0.6) is 11.5 Å². The number of nitrogens with zero attached hydrogens (tertiary/aromatic N) is 2. The summed E-state index contributed by atoms with van der Waals surface area (Å²) in [6.45, 7) is 2.75. The Morgan fingerprint density at radius 3 is 2.90 bits per heavy atom. The summed E-state index contributed by atoms with van der Waals surface area (Å²) in [5.74, 6) is 1.77. The third-order valence-electron chi connectivity index (χ3n) is 7.14. The van der Waals surface area contributed by atoms with Gasteiger partial charge in [-0.15, -0.1) is 0 Å². The fourth-order valence-corrected chi connectivity index (χ4v) is 6.04. The molecule has 6 rings (SSSR count). The third kappa shape index (κ3) is 2.05. The number of benzene rings is 2. The van der Waals surface area contributed by atoms with Crippen LogP contribution in [0.1, 0.15) is 23.1 Å². The van der Waals surface area contributed by atoms with E-state index in [4.69, 9.17) is 9.47 Å². The average molecular weight is 405 g/mol. The van der Waals surface area contributed by atoms with Crippen LogP contribution in [0.3, 0.4) is 0 Å². The first-order valence-corrected chi connectivity index (χ1v) is 10.6. The molecule has 4 heterocycles. The summed E-state index contributed by atoms with van der Waals surface area (Å²) in [7, 11) is 8.15. The van der Waals surface area contributed by atoms with Crippen molar-refractivity contribution in [3.63, 3.8) is 0 Å². The number of rotatable bonds is 3. The number of ether oxygens (including phenoxy) is 2. The average Bonchev–Trinajstić information content (AvgIpc) is 3.32. The molecule has 3 aromatic rings. The number of hydrogen-bond acceptors (Lipinski definition) is 5. The van der Waals surface area contributed by atoms with Crippen molar-refractivity contribution in [3.05, 3.63) is 53.2 Å². The minimum Gasteiger partial charge on any atom is -0.494 e. The fourth-order valence-electron chi connectivity index (χ4n) is 6.04. The molecule has 1 aromatic heterocycles. The highest BCUT2D eigenvalue weighted by atomic mass is 16.5. The van der Waals surface area contributed by atoms with Crippen LogP contribution in [0.15, 0.2) is 36.5 Å². The minimum absolute atomic E-state index is 0.327. The van der Waals surface area contributed by atoms with Gasteiger partial charge in [0.2, 0.25) is 0 Å². The van der Waals surface area contributed by atoms with E-state index in [2.05, 4.69) is 77.8 Å². The summed E-state index contributed by atoms with van der Waals surface area (Å²) in [4.78, 5) is 8.12. The van der Waals surface area contributed by atoms with E-state index in [1.807, 2.05) is 0 Å². The van der Waals surface area contributed by atoms with Crippen LogP contribution in [0.4, 0.5) is 5.69 Å². The Morgan fingerprint density at radius 2 is 2.10 bits per heavy atom. The molecule has 0 aliphatic carbocycles. The number of likely N-dealkylation sites (tertiary alicyclic amines) is 1. The monoisotopic (exact) mass is 404 g/mol. The Kier molecular flexibility index (Phi) is 3.58. The maximum Gasteiger partial charge on any atom is 0.166 e. The molecule has 0 amide bonds. The van der Waals surface area contributed by atoms with Crippen molar-refractivity contribution in [2.24, 2.45) is 0 Å². The molecular formula is C24H28N4O2. The summed E-state index contributed by atoms with van der Waals surface area (Å²) in [5, 5.41) is 5.19. The number of hydrogen-bond donors (Lipinski definition) is 2. The van der Waals surface area contributed by atoms with Crippen LogP contribution in [-0.4, -0.2) is 56.1 Å². The van der Waals surface area contributed by atoms with Crippen molar-refractivity contribution in [2.45, 2.75) is 24.1 Å². The van der Waals surface area contributed by atoms with Gasteiger partial charge in [0, 0.05) is 60.5 Å². The van der Waals surface area contributed by atoms with Crippen LogP contribution in [0.2, 0.25) is 0 Å². The van der Waals surface area contributed by atoms with E-state index < -0.39 is 5.60 Å². The standard InChI is InChI=1S/C24H28N4O2/c1-27(2)13-15-12-25-22-19(29-4)11-18-21(20(15)22)23-14-28(3)10-9-24(23,30-18)16-7-5-6-8-17(16)26-23/h5-8,11-12,25-26H,9-10,13-14H2,1-4H3/t23-,24-/m0/s1. The lowest BCUT2D eigenvalue weighted by atomic mass is 9.70. The van der Waals surface area contributed by atoms with Crippen LogP contribution in [0, 0.1) is 0 Å². The zero-order valence-electron chi connectivity index (χ0n) is 18.0. The number of para-hydroxylation sites is 1. The van der Waals surface area contributed by atoms with Gasteiger partial charge < -0.3 is 29.6 Å². The number of nitrogens with one attached hydrogen (secondary N) is 2. The molecule has 0 unspecified atom stereocenters. The van der Waals surface area contributed by atoms with Crippen molar-refractivity contribution in [1.82, 2.24) is 14.8 Å². The Morgan fingerprint density at radius 1 is 1.27 bits per heavy atom. The number of methoxy groups -OCH3 is 1. The quantitative estimate of drug-likeness (QED) is 0.700. The molecule has 0 spiro atoms. The SMILES string of the molecule is COc1cc2c(c3c(CN(C)C)c[nH]c13)[C@@]13CN(C)CC[C@]1(O2)c1ccccc1N3. The number of aromatic amines is 1. The molecule has 2 atom stereocenters. The first-order chi connectivity index (χ1) is 14.5. The van der Waals surface area contributed by atoms with Crippen LogP contribution >= 0.6 is 0 Å². The van der Waals surface area contributed by atoms with Crippen LogP contribution < -0.4 is 14.8 Å². The first-order valence-electron chi connectivity index (χ1n) is 10.6. The van der Waals surface area contributed by atoms with Crippen LogP contribution in [-0.2, 0) is 17.7 Å². The number of H-pyrrole nitrogens is 1. The van der Waals surface area contributed by atoms with Crippen molar-refractivity contribution in [1.29, 1.82) is 0 Å². The van der Waals surface area contributed by atoms with E-state index in [1.165, 1.54) is 27.8 Å². The van der Waals surface area contributed by atoms with Crippen molar-refractivity contribution < 1.29 is 9.47 Å². The zero-order valence-corrected chi connectivity index (χ0v) is 18.0. The minimum atomic E-state index is -0.398. The van der Waals surface area contributed by atoms with E-state index in [-0.39, 0.29) is 5.54 Å². The molecular weight excluding hydrogens is 376 g/mol. The number of anilines is 1. The van der Waals surface area contributed by atoms with Gasteiger partial charge in [-0.1, -0.05) is 18.2 Å². The lowest BCUT2D eigenvalue weighted by molar-refractivity contribution is -0.0250.